The van der Waals surface area contributed by atoms with Crippen LogP contribution in [0.15, 0.2) is 50.1 Å². The first kappa shape index (κ1) is 92.8. The lowest BCUT2D eigenvalue weighted by molar-refractivity contribution is -0.141. The van der Waals surface area contributed by atoms with Crippen molar-refractivity contribution in [3.05, 3.63) is 51.2 Å². The Balaban J connectivity index is 0.000000164. The Labute approximate surface area is 686 Å². The van der Waals surface area contributed by atoms with Crippen LogP contribution in [0, 0.1) is 130 Å². The number of ether oxygens (including phenoxy) is 2. The molecule has 12 heterocycles. The van der Waals surface area contributed by atoms with Crippen molar-refractivity contribution < 1.29 is 47.5 Å². The number of rotatable bonds is 7. The summed E-state index contributed by atoms with van der Waals surface area (Å²) in [6.45, 7) is 77.5. The number of carbonyl (C=O) groups is 7. The molecule has 7 N–H and O–H groups in total. The molecular weight excluding hydrogens is 1440 g/mol. The number of nitrogens with one attached hydrogen (secondary N) is 7. The molecule has 14 rings (SSSR count). The minimum atomic E-state index is -0.491. The molecule has 6 fully saturated rings. The van der Waals surface area contributed by atoms with Gasteiger partial charge >= 0.3 is 0 Å². The van der Waals surface area contributed by atoms with Crippen molar-refractivity contribution in [1.29, 1.82) is 0 Å². The maximum absolute atomic E-state index is 12.5. The zero-order valence-corrected chi connectivity index (χ0v) is 78.1. The second kappa shape index (κ2) is 32.2. The molecule has 13 unspecified atom stereocenters. The molecular formula is C93H155N7O10S2. The molecule has 1 aromatic rings. The molecule has 0 aromatic carbocycles. The second-order valence-electron chi connectivity index (χ2n) is 44.2. The SMILES string of the molecule is CC(C)C1(C(C)(C)C)C(=O)NC2=C1CCC2.CC(C)C1(C(C)(C)C)C(=O)NC2=C1CCO2.CC(C)C1(C(C)(C)C)C(=O)NC2=C1CCS2.CC(C)C1(C(C)(C)C)C(=O)NC2CCCC21.CC(C)C1(C(C)(C)C)C(=O)NC2OCCC21.CC(C)C1(C(C)(C)C)C(=O)NC2SCCC21.CC(C)C1(C(C)(C)C)C(=O)Nc2occc21. The topological polar surface area (TPSA) is 235 Å². The van der Waals surface area contributed by atoms with E-state index >= 15 is 0 Å². The van der Waals surface area contributed by atoms with Crippen LogP contribution in [0.3, 0.4) is 0 Å². The Kier molecular flexibility index (Phi) is 26.6. The van der Waals surface area contributed by atoms with Gasteiger partial charge in [-0.2, -0.15) is 0 Å². The summed E-state index contributed by atoms with van der Waals surface area (Å²) >= 11 is 3.72. The van der Waals surface area contributed by atoms with E-state index in [0.717, 1.165) is 60.9 Å². The van der Waals surface area contributed by atoms with Crippen LogP contribution in [0.5, 0.6) is 0 Å². The van der Waals surface area contributed by atoms with Gasteiger partial charge in [-0.15, -0.1) is 23.5 Å². The smallest absolute Gasteiger partial charge is 0.238 e. The van der Waals surface area contributed by atoms with E-state index in [1.807, 2.05) is 17.8 Å². The predicted molar refractivity (Wildman–Crippen MR) is 458 cm³/mol. The van der Waals surface area contributed by atoms with Gasteiger partial charge in [0.2, 0.25) is 47.2 Å². The van der Waals surface area contributed by atoms with Gasteiger partial charge in [0.25, 0.3) is 0 Å². The third kappa shape index (κ3) is 14.4. The van der Waals surface area contributed by atoms with Crippen LogP contribution in [0.2, 0.25) is 0 Å². The van der Waals surface area contributed by atoms with Gasteiger partial charge in [0.05, 0.1) is 61.2 Å². The highest BCUT2D eigenvalue weighted by molar-refractivity contribution is 8.03. The Morgan fingerprint density at radius 1 is 0.393 bits per heavy atom. The molecule has 0 spiro atoms. The average molecular weight is 1600 g/mol. The van der Waals surface area contributed by atoms with Crippen molar-refractivity contribution in [3.8, 4) is 0 Å². The average Bonchev–Trinajstić information content (AvgIpc) is 1.62. The Hall–Kier alpha value is -4.75. The first-order valence-electron chi connectivity index (χ1n) is 43.2. The molecule has 2 aliphatic carbocycles. The zero-order chi connectivity index (χ0) is 85.0. The second-order valence-corrected chi connectivity index (χ2v) is 46.6. The lowest BCUT2D eigenvalue weighted by atomic mass is 9.54. The Morgan fingerprint density at radius 2 is 0.848 bits per heavy atom. The number of carbonyl (C=O) groups excluding carboxylic acids is 7. The molecule has 0 radical (unpaired) electrons. The fourth-order valence-electron chi connectivity index (χ4n) is 27.0. The standard InChI is InChI=1S/C14H25NO.C14H23NO.C13H23NO2.C13H21NO2.C13H19NO2.C13H23NOS.C13H21NOS/c2*1-9(2)14(13(3,4)5)10-7-6-8-11(10)15-12(14)16;5*1-8(2)13(12(3,4)5)9-6-7-16-10(9)14-11(13)15/h9-11H,6-8H2,1-5H3,(H,15,16);9H,6-8H2,1-5H3,(H,15,16);8-10H,6-7H2,1-5H3,(H,14,15);8H,6-7H2,1-5H3,(H,14,15);6-8H,1-5H3,(H,14,15);8-10H,6-7H2,1-5H3,(H,14,15);8H,6-7H2,1-5H3,(H,14,15). The summed E-state index contributed by atoms with van der Waals surface area (Å²) in [6.07, 6.45) is 12.8. The molecule has 17 nitrogen and oxygen atoms in total. The lowest BCUT2D eigenvalue weighted by Gasteiger charge is -2.46. The van der Waals surface area contributed by atoms with Gasteiger partial charge in [-0.25, -0.2) is 0 Å². The molecule has 112 heavy (non-hydrogen) atoms. The van der Waals surface area contributed by atoms with Crippen molar-refractivity contribution in [2.45, 2.75) is 330 Å². The zero-order valence-electron chi connectivity index (χ0n) is 76.5. The van der Waals surface area contributed by atoms with E-state index < -0.39 is 10.8 Å². The summed E-state index contributed by atoms with van der Waals surface area (Å²) in [5.41, 5.74) is 3.89. The largest absolute Gasteiger partial charge is 0.479 e. The van der Waals surface area contributed by atoms with Gasteiger partial charge in [-0.1, -0.05) is 249 Å². The van der Waals surface area contributed by atoms with Crippen LogP contribution in [0.25, 0.3) is 0 Å². The van der Waals surface area contributed by atoms with E-state index in [1.54, 1.807) is 18.0 Å². The van der Waals surface area contributed by atoms with E-state index in [-0.39, 0.29) is 118 Å². The highest BCUT2D eigenvalue weighted by atomic mass is 32.2. The number of anilines is 1. The molecule has 0 bridgehead atoms. The van der Waals surface area contributed by atoms with Gasteiger partial charge in [-0.05, 0) is 160 Å². The predicted octanol–water partition coefficient (Wildman–Crippen LogP) is 20.0. The van der Waals surface area contributed by atoms with Crippen molar-refractivity contribution in [1.82, 2.24) is 31.9 Å². The minimum Gasteiger partial charge on any atom is -0.479 e. The Morgan fingerprint density at radius 3 is 1.35 bits per heavy atom. The van der Waals surface area contributed by atoms with E-state index in [1.165, 1.54) is 60.3 Å². The van der Waals surface area contributed by atoms with Crippen LogP contribution >= 0.6 is 23.5 Å². The fourth-order valence-corrected chi connectivity index (χ4v) is 29.5. The van der Waals surface area contributed by atoms with Crippen molar-refractivity contribution in [3.63, 3.8) is 0 Å². The summed E-state index contributed by atoms with van der Waals surface area (Å²) in [6, 6.07) is 2.37. The molecule has 7 amide bonds. The maximum Gasteiger partial charge on any atom is 0.238 e. The first-order chi connectivity index (χ1) is 51.2. The maximum atomic E-state index is 12.5. The van der Waals surface area contributed by atoms with Crippen molar-refractivity contribution >= 4 is 70.8 Å². The van der Waals surface area contributed by atoms with E-state index in [4.69, 9.17) is 13.9 Å². The first-order valence-corrected chi connectivity index (χ1v) is 45.2. The molecule has 13 aliphatic rings. The van der Waals surface area contributed by atoms with Crippen LogP contribution in [0.1, 0.15) is 312 Å². The van der Waals surface area contributed by atoms with Gasteiger partial charge in [0.15, 0.2) is 5.88 Å². The van der Waals surface area contributed by atoms with Crippen LogP contribution < -0.4 is 37.2 Å². The molecule has 1 saturated carbocycles. The Bertz CT molecular complexity index is 3460. The summed E-state index contributed by atoms with van der Waals surface area (Å²) < 4.78 is 16.4. The van der Waals surface area contributed by atoms with E-state index in [9.17, 15) is 33.6 Å². The fraction of sp³-hybridized carbons (Fsp3) is 0.817. The highest BCUT2D eigenvalue weighted by Gasteiger charge is 2.68. The quantitative estimate of drug-likeness (QED) is 0.135. The monoisotopic (exact) mass is 1590 g/mol. The molecule has 634 valence electrons. The summed E-state index contributed by atoms with van der Waals surface area (Å²) in [4.78, 5) is 86.9. The number of fused-ring (bicyclic) bond motifs is 4. The molecule has 13 atom stereocenters. The molecule has 5 saturated heterocycles. The molecule has 1 aromatic heterocycles. The minimum absolute atomic E-state index is 0.00727. The van der Waals surface area contributed by atoms with E-state index in [0.29, 0.717) is 77.2 Å². The summed E-state index contributed by atoms with van der Waals surface area (Å²) in [5, 5.41) is 23.0. The van der Waals surface area contributed by atoms with Gasteiger partial charge in [0.1, 0.15) is 6.23 Å². The van der Waals surface area contributed by atoms with Crippen LogP contribution in [-0.2, 0) is 48.5 Å². The number of amides is 7. The normalized spacial score (nSPS) is 33.0. The number of furan rings is 1. The van der Waals surface area contributed by atoms with Crippen molar-refractivity contribution in [2.75, 3.05) is 30.0 Å². The van der Waals surface area contributed by atoms with Gasteiger partial charge in [-0.3, -0.25) is 44.2 Å². The third-order valence-corrected chi connectivity index (χ3v) is 32.3. The van der Waals surface area contributed by atoms with Crippen LogP contribution in [-0.4, -0.2) is 83.7 Å². The highest BCUT2D eigenvalue weighted by Crippen LogP contribution is 2.65. The number of hydrogen-bond acceptors (Lipinski definition) is 12. The number of thioether (sulfide) groups is 2. The third-order valence-electron chi connectivity index (χ3n) is 30.0. The lowest BCUT2D eigenvalue weighted by Crippen LogP contribution is -2.50. The number of hydrogen-bond donors (Lipinski definition) is 7. The molecule has 11 aliphatic heterocycles. The van der Waals surface area contributed by atoms with Gasteiger partial charge in [0, 0.05) is 53.5 Å². The van der Waals surface area contributed by atoms with E-state index in [2.05, 4.69) is 280 Å². The molecule has 19 heteroatoms. The van der Waals surface area contributed by atoms with Crippen LogP contribution in [0.4, 0.5) is 5.88 Å². The summed E-state index contributed by atoms with van der Waals surface area (Å²) in [7, 11) is 0. The number of allylic oxidation sites excluding steroid dienone is 1. The summed E-state index contributed by atoms with van der Waals surface area (Å²) in [5.74, 6) is 8.85. The van der Waals surface area contributed by atoms with Crippen molar-refractivity contribution in [2.24, 2.45) is 130 Å². The van der Waals surface area contributed by atoms with Gasteiger partial charge < -0.3 is 40.5 Å².